The van der Waals surface area contributed by atoms with Crippen LogP contribution in [-0.2, 0) is 26.0 Å². The number of esters is 1. The number of benzene rings is 2. The Morgan fingerprint density at radius 3 is 2.61 bits per heavy atom. The van der Waals surface area contributed by atoms with E-state index in [2.05, 4.69) is 5.32 Å². The molecular weight excluding hydrogens is 400 g/mol. The van der Waals surface area contributed by atoms with E-state index < -0.39 is 22.0 Å². The van der Waals surface area contributed by atoms with Gasteiger partial charge in [0.1, 0.15) is 17.5 Å². The number of hydrogen-bond acceptors (Lipinski definition) is 5. The first-order chi connectivity index (χ1) is 13.4. The third kappa shape index (κ3) is 3.50. The number of ether oxygens (including phenoxy) is 1. The van der Waals surface area contributed by atoms with Crippen LogP contribution in [0.15, 0.2) is 71.8 Å². The van der Waals surface area contributed by atoms with Crippen molar-refractivity contribution in [2.45, 2.75) is 17.4 Å². The molecule has 0 aliphatic carbocycles. The molecule has 1 N–H and O–H groups in total. The summed E-state index contributed by atoms with van der Waals surface area (Å²) in [5.41, 5.74) is 1.78. The van der Waals surface area contributed by atoms with Crippen LogP contribution in [0, 0.1) is 0 Å². The fourth-order valence-electron chi connectivity index (χ4n) is 3.17. The van der Waals surface area contributed by atoms with Crippen molar-refractivity contribution in [3.63, 3.8) is 0 Å². The molecule has 0 amide bonds. The zero-order valence-corrected chi connectivity index (χ0v) is 16.3. The molecule has 4 rings (SSSR count). The zero-order valence-electron chi connectivity index (χ0n) is 14.7. The average Bonchev–Trinajstić information content (AvgIpc) is 3.15. The van der Waals surface area contributed by atoms with E-state index in [1.54, 1.807) is 60.7 Å². The number of para-hydroxylation sites is 1. The first-order valence-electron chi connectivity index (χ1n) is 8.63. The van der Waals surface area contributed by atoms with Crippen LogP contribution < -0.4 is 5.32 Å². The summed E-state index contributed by atoms with van der Waals surface area (Å²) in [4.78, 5) is 12.4. The highest BCUT2D eigenvalue weighted by Gasteiger charge is 2.31. The van der Waals surface area contributed by atoms with E-state index in [9.17, 15) is 13.2 Å². The average molecular weight is 417 g/mol. The van der Waals surface area contributed by atoms with Gasteiger partial charge in [0, 0.05) is 11.2 Å². The molecule has 0 saturated carbocycles. The molecule has 6 nitrogen and oxygen atoms in total. The fraction of sp³-hybridized carbons (Fsp3) is 0.150. The maximum atomic E-state index is 12.9. The molecule has 144 valence electrons. The number of hydrogen-bond donors (Lipinski definition) is 1. The third-order valence-electron chi connectivity index (χ3n) is 4.53. The minimum atomic E-state index is -3.72. The summed E-state index contributed by atoms with van der Waals surface area (Å²) in [5.74, 6) is -0.400. The van der Waals surface area contributed by atoms with Crippen molar-refractivity contribution in [2.24, 2.45) is 0 Å². The van der Waals surface area contributed by atoms with Gasteiger partial charge in [0.15, 0.2) is 0 Å². The Balaban J connectivity index is 1.55. The van der Waals surface area contributed by atoms with Crippen molar-refractivity contribution in [3.8, 4) is 0 Å². The molecule has 28 heavy (non-hydrogen) atoms. The number of halogens is 1. The number of carbonyl (C=O) groups excluding carboxylic acids is 1. The predicted molar refractivity (Wildman–Crippen MR) is 106 cm³/mol. The Morgan fingerprint density at radius 1 is 1.07 bits per heavy atom. The lowest BCUT2D eigenvalue weighted by molar-refractivity contribution is -0.143. The monoisotopic (exact) mass is 416 g/mol. The van der Waals surface area contributed by atoms with Crippen molar-refractivity contribution in [1.82, 2.24) is 3.97 Å². The quantitative estimate of drug-likeness (QED) is 0.657. The number of nitrogens with one attached hydrogen (secondary N) is 1. The Hall–Kier alpha value is -2.77. The summed E-state index contributed by atoms with van der Waals surface area (Å²) in [6.07, 6.45) is 1.61. The molecule has 3 aromatic rings. The summed E-state index contributed by atoms with van der Waals surface area (Å²) in [6, 6.07) is 16.5. The van der Waals surface area contributed by atoms with Gasteiger partial charge in [0.2, 0.25) is 0 Å². The molecule has 0 fully saturated rings. The Labute approximate surface area is 167 Å². The second-order valence-corrected chi connectivity index (χ2v) is 8.63. The number of nitrogens with zero attached hydrogens (tertiary/aromatic N) is 1. The molecule has 0 saturated heterocycles. The van der Waals surface area contributed by atoms with Crippen LogP contribution in [-0.4, -0.2) is 25.0 Å². The Morgan fingerprint density at radius 2 is 1.82 bits per heavy atom. The first-order valence-corrected chi connectivity index (χ1v) is 10.5. The summed E-state index contributed by atoms with van der Waals surface area (Å²) in [6.45, 7) is 0.000288. The van der Waals surface area contributed by atoms with Gasteiger partial charge in [0.25, 0.3) is 10.0 Å². The molecule has 2 heterocycles. The van der Waals surface area contributed by atoms with Crippen LogP contribution >= 0.6 is 11.6 Å². The van der Waals surface area contributed by atoms with Gasteiger partial charge in [-0.2, -0.15) is 0 Å². The van der Waals surface area contributed by atoms with Crippen molar-refractivity contribution in [1.29, 1.82) is 0 Å². The van der Waals surface area contributed by atoms with Crippen molar-refractivity contribution >= 4 is 33.3 Å². The molecule has 0 radical (unpaired) electrons. The minimum Gasteiger partial charge on any atom is -0.463 e. The van der Waals surface area contributed by atoms with Gasteiger partial charge in [-0.3, -0.25) is 4.79 Å². The highest BCUT2D eigenvalue weighted by Crippen LogP contribution is 2.33. The lowest BCUT2D eigenvalue weighted by atomic mass is 10.1. The number of aromatic nitrogens is 1. The first kappa shape index (κ1) is 18.6. The van der Waals surface area contributed by atoms with E-state index in [0.29, 0.717) is 16.4 Å². The lowest BCUT2D eigenvalue weighted by Gasteiger charge is -2.18. The topological polar surface area (TPSA) is 77.4 Å². The van der Waals surface area contributed by atoms with E-state index in [-0.39, 0.29) is 17.9 Å². The highest BCUT2D eigenvalue weighted by molar-refractivity contribution is 7.90. The minimum absolute atomic E-state index is 0.000288. The van der Waals surface area contributed by atoms with Crippen molar-refractivity contribution in [3.05, 3.63) is 83.1 Å². The molecule has 1 aliphatic heterocycles. The largest absolute Gasteiger partial charge is 0.463 e. The predicted octanol–water partition coefficient (Wildman–Crippen LogP) is 3.63. The molecule has 2 aromatic carbocycles. The van der Waals surface area contributed by atoms with E-state index in [1.807, 2.05) is 0 Å². The summed E-state index contributed by atoms with van der Waals surface area (Å²) in [5, 5.41) is 3.79. The standard InChI is InChI=1S/C20H17ClN2O4S/c21-15-9-7-14(8-10-15)12-20(24)27-13-17-18-5-3-11-23(18)28(25,26)19-6-2-1-4-16(19)22-17/h1-11,17,22H,12-13H2. The molecule has 1 aliphatic rings. The molecule has 1 unspecified atom stereocenters. The van der Waals surface area contributed by atoms with Gasteiger partial charge < -0.3 is 10.1 Å². The molecule has 1 atom stereocenters. The normalized spacial score (nSPS) is 17.0. The molecule has 1 aromatic heterocycles. The van der Waals surface area contributed by atoms with E-state index in [4.69, 9.17) is 16.3 Å². The maximum absolute atomic E-state index is 12.9. The van der Waals surface area contributed by atoms with Gasteiger partial charge in [-0.05, 0) is 42.0 Å². The summed E-state index contributed by atoms with van der Waals surface area (Å²) < 4.78 is 32.5. The van der Waals surface area contributed by atoms with Crippen LogP contribution in [0.4, 0.5) is 5.69 Å². The maximum Gasteiger partial charge on any atom is 0.310 e. The lowest BCUT2D eigenvalue weighted by Crippen LogP contribution is -2.22. The molecular formula is C20H17ClN2O4S. The van der Waals surface area contributed by atoms with Gasteiger partial charge in [-0.15, -0.1) is 0 Å². The van der Waals surface area contributed by atoms with Crippen molar-refractivity contribution < 1.29 is 17.9 Å². The second-order valence-electron chi connectivity index (χ2n) is 6.41. The molecule has 8 heteroatoms. The van der Waals surface area contributed by atoms with Gasteiger partial charge in [-0.25, -0.2) is 12.4 Å². The Kier molecular flexibility index (Phi) is 4.87. The smallest absolute Gasteiger partial charge is 0.310 e. The third-order valence-corrected chi connectivity index (χ3v) is 6.54. The molecule has 0 bridgehead atoms. The molecule has 0 spiro atoms. The van der Waals surface area contributed by atoms with Crippen molar-refractivity contribution in [2.75, 3.05) is 11.9 Å². The second kappa shape index (κ2) is 7.33. The summed E-state index contributed by atoms with van der Waals surface area (Å²) >= 11 is 5.85. The Bertz CT molecular complexity index is 1120. The van der Waals surface area contributed by atoms with Crippen LogP contribution in [0.2, 0.25) is 5.02 Å². The van der Waals surface area contributed by atoms with Crippen LogP contribution in [0.1, 0.15) is 17.3 Å². The zero-order chi connectivity index (χ0) is 19.7. The van der Waals surface area contributed by atoms with Crippen LogP contribution in [0.5, 0.6) is 0 Å². The highest BCUT2D eigenvalue weighted by atomic mass is 35.5. The van der Waals surface area contributed by atoms with Gasteiger partial charge in [0.05, 0.1) is 17.8 Å². The fourth-order valence-corrected chi connectivity index (χ4v) is 4.86. The van der Waals surface area contributed by atoms with E-state index in [0.717, 1.165) is 5.56 Å². The number of rotatable bonds is 4. The number of fused-ring (bicyclic) bond motifs is 2. The van der Waals surface area contributed by atoms with Gasteiger partial charge >= 0.3 is 5.97 Å². The van der Waals surface area contributed by atoms with Crippen LogP contribution in [0.25, 0.3) is 0 Å². The number of anilines is 1. The van der Waals surface area contributed by atoms with E-state index >= 15 is 0 Å². The van der Waals surface area contributed by atoms with Gasteiger partial charge in [-0.1, -0.05) is 35.9 Å². The number of carbonyl (C=O) groups is 1. The van der Waals surface area contributed by atoms with Crippen LogP contribution in [0.3, 0.4) is 0 Å². The summed E-state index contributed by atoms with van der Waals surface area (Å²) in [7, 11) is -3.72. The SMILES string of the molecule is O=C(Cc1ccc(Cl)cc1)OCC1Nc2ccccc2S(=O)(=O)n2cccc21. The van der Waals surface area contributed by atoms with E-state index in [1.165, 1.54) is 10.2 Å².